The van der Waals surface area contributed by atoms with Crippen molar-refractivity contribution in [2.24, 2.45) is 5.41 Å². The third-order valence-corrected chi connectivity index (χ3v) is 9.44. The molecule has 266 valence electrons. The van der Waals surface area contributed by atoms with Gasteiger partial charge in [-0.15, -0.1) is 0 Å². The molecule has 0 aliphatic heterocycles. The van der Waals surface area contributed by atoms with Crippen LogP contribution in [0.3, 0.4) is 0 Å². The van der Waals surface area contributed by atoms with E-state index in [0.717, 1.165) is 16.7 Å². The second-order valence-corrected chi connectivity index (χ2v) is 13.6. The first kappa shape index (κ1) is 35.5. The van der Waals surface area contributed by atoms with E-state index in [9.17, 15) is 15.0 Å². The van der Waals surface area contributed by atoms with Crippen LogP contribution in [0.25, 0.3) is 11.2 Å². The molecule has 0 bridgehead atoms. The van der Waals surface area contributed by atoms with Crippen LogP contribution >= 0.6 is 0 Å². The molecule has 0 saturated heterocycles. The molecule has 1 amide bonds. The monoisotopic (exact) mass is 693 g/mol. The van der Waals surface area contributed by atoms with Gasteiger partial charge in [0, 0.05) is 0 Å². The Bertz CT molecular complexity index is 1940. The predicted molar refractivity (Wildman–Crippen MR) is 192 cm³/mol. The summed E-state index contributed by atoms with van der Waals surface area (Å²) in [6, 6.07) is 24.6. The third-order valence-electron chi connectivity index (χ3n) is 9.44. The van der Waals surface area contributed by atoms with Crippen molar-refractivity contribution < 1.29 is 34.0 Å². The lowest BCUT2D eigenvalue weighted by molar-refractivity contribution is -0.0808. The number of amides is 1. The first-order valence-corrected chi connectivity index (χ1v) is 16.6. The summed E-state index contributed by atoms with van der Waals surface area (Å²) in [5.41, 5.74) is 0.595. The number of nitrogens with zero attached hydrogens (tertiary/aromatic N) is 4. The molecule has 1 saturated carbocycles. The summed E-state index contributed by atoms with van der Waals surface area (Å²) >= 11 is 0. The molecule has 3 aromatic carbocycles. The highest BCUT2D eigenvalue weighted by Gasteiger charge is 2.53. The van der Waals surface area contributed by atoms with Gasteiger partial charge in [-0.05, 0) is 73.7 Å². The lowest BCUT2D eigenvalue weighted by Gasteiger charge is -2.41. The number of imidazole rings is 1. The van der Waals surface area contributed by atoms with Gasteiger partial charge in [-0.2, -0.15) is 0 Å². The van der Waals surface area contributed by atoms with Crippen LogP contribution in [0.1, 0.15) is 49.9 Å². The third kappa shape index (κ3) is 6.65. The summed E-state index contributed by atoms with van der Waals surface area (Å²) in [5.74, 6) is 1.55. The maximum absolute atomic E-state index is 12.5. The number of ether oxygens (including phenoxy) is 4. The number of aromatic nitrogens is 4. The Morgan fingerprint density at radius 3 is 2.06 bits per heavy atom. The number of fused-ring (bicyclic) bond motifs is 1. The molecule has 0 radical (unpaired) electrons. The standard InChI is InChI=1S/C39H43N5O7/c1-25-31(44-24-42-33-34(40-23-41-35(33)44)43-36(47)51-37(2,3)4)20-32(46)38(25,21-45)22-50-39(26-10-8-7-9-11-26,27-12-16-29(48-5)17-13-27)28-14-18-30(49-6)19-15-28/h7-19,23-24,31-32,45-46H,1,20-22H2,2-6H3,(H,40,41,43,47)/t31-,32-,38-/m0/s1. The number of nitrogens with one attached hydrogen (secondary N) is 1. The zero-order valence-electron chi connectivity index (χ0n) is 29.4. The molecule has 6 rings (SSSR count). The molecular formula is C39H43N5O7. The van der Waals surface area contributed by atoms with Gasteiger partial charge in [0.25, 0.3) is 0 Å². The van der Waals surface area contributed by atoms with Crippen LogP contribution in [0.15, 0.2) is 104 Å². The number of rotatable bonds is 11. The van der Waals surface area contributed by atoms with Gasteiger partial charge in [0.1, 0.15) is 29.0 Å². The van der Waals surface area contributed by atoms with Gasteiger partial charge in [0.2, 0.25) is 0 Å². The van der Waals surface area contributed by atoms with Crippen molar-refractivity contribution in [2.45, 2.75) is 50.5 Å². The highest BCUT2D eigenvalue weighted by Crippen LogP contribution is 2.51. The van der Waals surface area contributed by atoms with E-state index in [-0.39, 0.29) is 18.8 Å². The van der Waals surface area contributed by atoms with E-state index < -0.39 is 41.5 Å². The lowest BCUT2D eigenvalue weighted by Crippen LogP contribution is -2.44. The lowest BCUT2D eigenvalue weighted by atomic mass is 9.78. The van der Waals surface area contributed by atoms with E-state index in [1.165, 1.54) is 6.33 Å². The normalized spacial score (nSPS) is 19.2. The largest absolute Gasteiger partial charge is 0.497 e. The van der Waals surface area contributed by atoms with Gasteiger partial charge < -0.3 is 33.7 Å². The van der Waals surface area contributed by atoms with Crippen LogP contribution in [0.4, 0.5) is 10.6 Å². The van der Waals surface area contributed by atoms with Crippen LogP contribution in [0.2, 0.25) is 0 Å². The molecule has 3 atom stereocenters. The van der Waals surface area contributed by atoms with Crippen molar-refractivity contribution in [1.29, 1.82) is 0 Å². The summed E-state index contributed by atoms with van der Waals surface area (Å²) in [7, 11) is 3.23. The zero-order chi connectivity index (χ0) is 36.4. The summed E-state index contributed by atoms with van der Waals surface area (Å²) in [4.78, 5) is 25.7. The molecule has 5 aromatic rings. The van der Waals surface area contributed by atoms with Crippen LogP contribution in [0.5, 0.6) is 11.5 Å². The topological polar surface area (TPSA) is 150 Å². The fourth-order valence-electron chi connectivity index (χ4n) is 6.73. The van der Waals surface area contributed by atoms with Crippen LogP contribution in [-0.2, 0) is 15.1 Å². The molecule has 0 unspecified atom stereocenters. The number of aliphatic hydroxyl groups is 2. The first-order chi connectivity index (χ1) is 24.5. The Morgan fingerprint density at radius 1 is 0.922 bits per heavy atom. The molecule has 2 aromatic heterocycles. The van der Waals surface area contributed by atoms with E-state index in [0.29, 0.717) is 28.2 Å². The summed E-state index contributed by atoms with van der Waals surface area (Å²) in [6.07, 6.45) is 1.38. The fourth-order valence-corrected chi connectivity index (χ4v) is 6.73. The quantitative estimate of drug-likeness (QED) is 0.110. The number of carbonyl (C=O) groups excluding carboxylic acids is 1. The molecule has 12 nitrogen and oxygen atoms in total. The minimum Gasteiger partial charge on any atom is -0.497 e. The Morgan fingerprint density at radius 2 is 1.51 bits per heavy atom. The fraction of sp³-hybridized carbons (Fsp3) is 0.333. The molecule has 1 aliphatic carbocycles. The predicted octanol–water partition coefficient (Wildman–Crippen LogP) is 6.04. The Labute approximate surface area is 296 Å². The molecule has 1 fully saturated rings. The summed E-state index contributed by atoms with van der Waals surface area (Å²) < 4.78 is 25.2. The van der Waals surface area contributed by atoms with E-state index in [2.05, 4.69) is 26.8 Å². The first-order valence-electron chi connectivity index (χ1n) is 16.6. The number of benzene rings is 3. The maximum atomic E-state index is 12.5. The Kier molecular flexibility index (Phi) is 9.85. The van der Waals surface area contributed by atoms with Gasteiger partial charge in [0.05, 0.1) is 51.3 Å². The Balaban J connectivity index is 1.39. The van der Waals surface area contributed by atoms with Crippen molar-refractivity contribution in [3.05, 3.63) is 120 Å². The number of hydrogen-bond acceptors (Lipinski definition) is 10. The molecule has 51 heavy (non-hydrogen) atoms. The summed E-state index contributed by atoms with van der Waals surface area (Å²) in [5, 5.41) is 25.6. The smallest absolute Gasteiger partial charge is 0.413 e. The van der Waals surface area contributed by atoms with Gasteiger partial charge in [-0.3, -0.25) is 5.32 Å². The average Bonchev–Trinajstić information content (AvgIpc) is 3.67. The van der Waals surface area contributed by atoms with Gasteiger partial charge >= 0.3 is 6.09 Å². The molecule has 12 heteroatoms. The van der Waals surface area contributed by atoms with E-state index in [4.69, 9.17) is 18.9 Å². The highest BCUT2D eigenvalue weighted by atomic mass is 16.6. The highest BCUT2D eigenvalue weighted by molar-refractivity contribution is 5.93. The SMILES string of the molecule is C=C1[C@@H](n2cnc3c(NC(=O)OC(C)(C)C)ncnc32)C[C@H](O)[C@@]1(CO)COC(c1ccccc1)(c1ccc(OC)cc1)c1ccc(OC)cc1. The second kappa shape index (κ2) is 14.1. The molecule has 3 N–H and O–H groups in total. The van der Waals surface area contributed by atoms with E-state index in [1.54, 1.807) is 45.9 Å². The number of methoxy groups -OCH3 is 2. The van der Waals surface area contributed by atoms with Gasteiger partial charge in [-0.1, -0.05) is 61.2 Å². The van der Waals surface area contributed by atoms with Gasteiger partial charge in [0.15, 0.2) is 17.0 Å². The molecule has 1 aliphatic rings. The van der Waals surface area contributed by atoms with Gasteiger partial charge in [-0.25, -0.2) is 19.7 Å². The van der Waals surface area contributed by atoms with Crippen molar-refractivity contribution in [1.82, 2.24) is 19.5 Å². The molecular weight excluding hydrogens is 650 g/mol. The maximum Gasteiger partial charge on any atom is 0.413 e. The van der Waals surface area contributed by atoms with Crippen LogP contribution < -0.4 is 14.8 Å². The van der Waals surface area contributed by atoms with E-state index in [1.807, 2.05) is 78.9 Å². The number of anilines is 1. The van der Waals surface area contributed by atoms with Crippen molar-refractivity contribution >= 4 is 23.1 Å². The van der Waals surface area contributed by atoms with Crippen molar-refractivity contribution in [3.63, 3.8) is 0 Å². The molecule has 0 spiro atoms. The number of aliphatic hydroxyl groups excluding tert-OH is 2. The average molecular weight is 694 g/mol. The van der Waals surface area contributed by atoms with Crippen molar-refractivity contribution in [3.8, 4) is 11.5 Å². The second-order valence-electron chi connectivity index (χ2n) is 13.6. The minimum absolute atomic E-state index is 0.0972. The Hall–Kier alpha value is -5.30. The number of carbonyl (C=O) groups is 1. The zero-order valence-corrected chi connectivity index (χ0v) is 29.4. The molecule has 2 heterocycles. The van der Waals surface area contributed by atoms with E-state index >= 15 is 0 Å². The van der Waals surface area contributed by atoms with Crippen LogP contribution in [-0.4, -0.2) is 75.0 Å². The number of hydrogen-bond donors (Lipinski definition) is 3. The van der Waals surface area contributed by atoms with Crippen LogP contribution in [0, 0.1) is 5.41 Å². The van der Waals surface area contributed by atoms with Crippen molar-refractivity contribution in [2.75, 3.05) is 32.8 Å². The minimum atomic E-state index is -1.27. The summed E-state index contributed by atoms with van der Waals surface area (Å²) in [6.45, 7) is 9.20.